The van der Waals surface area contributed by atoms with Crippen LogP contribution in [0.1, 0.15) is 58.8 Å². The molecule has 3 aliphatic heterocycles. The standard InChI is InChI=1S/C17H32N2O/c1-3-17(2)12-15(8-11-20-17)19-10-5-6-14(13-19)16-7-4-9-18-16/h14-16,18H,3-13H2,1-2H3. The maximum Gasteiger partial charge on any atom is 0.0666 e. The fourth-order valence-electron chi connectivity index (χ4n) is 4.47. The summed E-state index contributed by atoms with van der Waals surface area (Å²) in [5, 5.41) is 3.73. The average Bonchev–Trinajstić information content (AvgIpc) is 3.02. The molecule has 0 radical (unpaired) electrons. The zero-order valence-corrected chi connectivity index (χ0v) is 13.4. The van der Waals surface area contributed by atoms with Crippen molar-refractivity contribution >= 4 is 0 Å². The molecule has 3 fully saturated rings. The summed E-state index contributed by atoms with van der Waals surface area (Å²) in [6.07, 6.45) is 9.22. The predicted octanol–water partition coefficient (Wildman–Crippen LogP) is 2.80. The highest BCUT2D eigenvalue weighted by molar-refractivity contribution is 4.92. The average molecular weight is 280 g/mol. The van der Waals surface area contributed by atoms with Gasteiger partial charge in [0.25, 0.3) is 0 Å². The molecule has 3 nitrogen and oxygen atoms in total. The molecule has 3 saturated heterocycles. The van der Waals surface area contributed by atoms with Crippen LogP contribution in [0.4, 0.5) is 0 Å². The molecule has 0 amide bonds. The summed E-state index contributed by atoms with van der Waals surface area (Å²) in [4.78, 5) is 2.80. The number of rotatable bonds is 3. The fraction of sp³-hybridized carbons (Fsp3) is 1.00. The summed E-state index contributed by atoms with van der Waals surface area (Å²) >= 11 is 0. The number of piperidine rings is 1. The van der Waals surface area contributed by atoms with E-state index < -0.39 is 0 Å². The van der Waals surface area contributed by atoms with Crippen molar-refractivity contribution < 1.29 is 4.74 Å². The molecule has 0 aromatic heterocycles. The van der Waals surface area contributed by atoms with Gasteiger partial charge in [-0.1, -0.05) is 6.92 Å². The van der Waals surface area contributed by atoms with Crippen LogP contribution in [-0.2, 0) is 4.74 Å². The number of hydrogen-bond donors (Lipinski definition) is 1. The first-order valence-corrected chi connectivity index (χ1v) is 8.81. The Kier molecular flexibility index (Phi) is 4.68. The molecule has 0 aromatic rings. The molecular formula is C17H32N2O. The number of ether oxygens (including phenoxy) is 1. The van der Waals surface area contributed by atoms with Gasteiger partial charge < -0.3 is 10.1 Å². The molecule has 0 aliphatic carbocycles. The first-order valence-electron chi connectivity index (χ1n) is 8.81. The molecule has 3 rings (SSSR count). The number of likely N-dealkylation sites (tertiary alicyclic amines) is 1. The Hall–Kier alpha value is -0.120. The van der Waals surface area contributed by atoms with Gasteiger partial charge in [0.15, 0.2) is 0 Å². The molecule has 116 valence electrons. The van der Waals surface area contributed by atoms with Crippen LogP contribution < -0.4 is 5.32 Å². The van der Waals surface area contributed by atoms with Crippen molar-refractivity contribution in [1.82, 2.24) is 10.2 Å². The van der Waals surface area contributed by atoms with E-state index in [-0.39, 0.29) is 5.60 Å². The van der Waals surface area contributed by atoms with E-state index in [2.05, 4.69) is 24.1 Å². The highest BCUT2D eigenvalue weighted by Crippen LogP contribution is 2.33. The Morgan fingerprint density at radius 1 is 1.25 bits per heavy atom. The molecule has 1 N–H and O–H groups in total. The normalized spacial score (nSPS) is 43.8. The van der Waals surface area contributed by atoms with Crippen molar-refractivity contribution in [2.24, 2.45) is 5.92 Å². The molecule has 0 saturated carbocycles. The van der Waals surface area contributed by atoms with Gasteiger partial charge in [-0.15, -0.1) is 0 Å². The molecule has 3 aliphatic rings. The van der Waals surface area contributed by atoms with E-state index in [1.54, 1.807) is 0 Å². The minimum atomic E-state index is 0.126. The van der Waals surface area contributed by atoms with Gasteiger partial charge in [-0.05, 0) is 70.9 Å². The quantitative estimate of drug-likeness (QED) is 0.860. The monoisotopic (exact) mass is 280 g/mol. The molecule has 0 aromatic carbocycles. The van der Waals surface area contributed by atoms with Crippen LogP contribution in [0.3, 0.4) is 0 Å². The Balaban J connectivity index is 1.58. The van der Waals surface area contributed by atoms with Gasteiger partial charge in [0, 0.05) is 25.2 Å². The lowest BCUT2D eigenvalue weighted by molar-refractivity contribution is -0.101. The largest absolute Gasteiger partial charge is 0.375 e. The second-order valence-corrected chi connectivity index (χ2v) is 7.40. The van der Waals surface area contributed by atoms with Crippen molar-refractivity contribution in [2.75, 3.05) is 26.2 Å². The van der Waals surface area contributed by atoms with Gasteiger partial charge >= 0.3 is 0 Å². The zero-order chi connectivity index (χ0) is 14.0. The maximum absolute atomic E-state index is 6.02. The lowest BCUT2D eigenvalue weighted by Gasteiger charge is -2.46. The Morgan fingerprint density at radius 2 is 2.15 bits per heavy atom. The highest BCUT2D eigenvalue weighted by atomic mass is 16.5. The topological polar surface area (TPSA) is 24.5 Å². The summed E-state index contributed by atoms with van der Waals surface area (Å²) in [5.74, 6) is 0.891. The molecular weight excluding hydrogens is 248 g/mol. The summed E-state index contributed by atoms with van der Waals surface area (Å²) in [6.45, 7) is 9.41. The lowest BCUT2D eigenvalue weighted by atomic mass is 9.85. The van der Waals surface area contributed by atoms with Crippen LogP contribution in [-0.4, -0.2) is 48.8 Å². The second kappa shape index (κ2) is 6.33. The highest BCUT2D eigenvalue weighted by Gasteiger charge is 2.37. The van der Waals surface area contributed by atoms with Gasteiger partial charge in [-0.3, -0.25) is 4.90 Å². The summed E-state index contributed by atoms with van der Waals surface area (Å²) in [5.41, 5.74) is 0.126. The van der Waals surface area contributed by atoms with E-state index in [0.29, 0.717) is 0 Å². The van der Waals surface area contributed by atoms with Crippen LogP contribution in [0.25, 0.3) is 0 Å². The Morgan fingerprint density at radius 3 is 2.90 bits per heavy atom. The summed E-state index contributed by atoms with van der Waals surface area (Å²) in [6, 6.07) is 1.56. The third-order valence-electron chi connectivity index (χ3n) is 5.99. The summed E-state index contributed by atoms with van der Waals surface area (Å²) < 4.78 is 6.02. The minimum absolute atomic E-state index is 0.126. The van der Waals surface area contributed by atoms with E-state index in [4.69, 9.17) is 4.74 Å². The van der Waals surface area contributed by atoms with Gasteiger partial charge in [0.2, 0.25) is 0 Å². The van der Waals surface area contributed by atoms with Crippen molar-refractivity contribution in [3.05, 3.63) is 0 Å². The number of nitrogens with one attached hydrogen (secondary N) is 1. The van der Waals surface area contributed by atoms with Crippen molar-refractivity contribution in [3.63, 3.8) is 0 Å². The molecule has 3 heterocycles. The second-order valence-electron chi connectivity index (χ2n) is 7.40. The third-order valence-corrected chi connectivity index (χ3v) is 5.99. The van der Waals surface area contributed by atoms with Gasteiger partial charge in [-0.2, -0.15) is 0 Å². The molecule has 0 spiro atoms. The van der Waals surface area contributed by atoms with Crippen LogP contribution in [0.15, 0.2) is 0 Å². The van der Waals surface area contributed by atoms with E-state index in [1.807, 2.05) is 0 Å². The minimum Gasteiger partial charge on any atom is -0.375 e. The maximum atomic E-state index is 6.02. The van der Waals surface area contributed by atoms with Crippen molar-refractivity contribution in [2.45, 2.75) is 76.5 Å². The van der Waals surface area contributed by atoms with Crippen LogP contribution >= 0.6 is 0 Å². The third kappa shape index (κ3) is 3.20. The van der Waals surface area contributed by atoms with E-state index >= 15 is 0 Å². The van der Waals surface area contributed by atoms with Crippen molar-refractivity contribution in [1.29, 1.82) is 0 Å². The SMILES string of the molecule is CCC1(C)CC(N2CCCC(C3CCCN3)C2)CCO1. The number of nitrogens with zero attached hydrogens (tertiary/aromatic N) is 1. The van der Waals surface area contributed by atoms with E-state index in [9.17, 15) is 0 Å². The van der Waals surface area contributed by atoms with Crippen LogP contribution in [0.5, 0.6) is 0 Å². The fourth-order valence-corrected chi connectivity index (χ4v) is 4.47. The predicted molar refractivity (Wildman–Crippen MR) is 83.0 cm³/mol. The molecule has 0 bridgehead atoms. The first-order chi connectivity index (χ1) is 9.70. The van der Waals surface area contributed by atoms with Crippen LogP contribution in [0, 0.1) is 5.92 Å². The molecule has 20 heavy (non-hydrogen) atoms. The van der Waals surface area contributed by atoms with E-state index in [0.717, 1.165) is 31.0 Å². The molecule has 3 heteroatoms. The first kappa shape index (κ1) is 14.8. The van der Waals surface area contributed by atoms with Crippen LogP contribution in [0.2, 0.25) is 0 Å². The van der Waals surface area contributed by atoms with Gasteiger partial charge in [0.05, 0.1) is 5.60 Å². The molecule has 4 atom stereocenters. The lowest BCUT2D eigenvalue weighted by Crippen LogP contribution is -2.52. The smallest absolute Gasteiger partial charge is 0.0666 e. The van der Waals surface area contributed by atoms with E-state index in [1.165, 1.54) is 58.2 Å². The summed E-state index contributed by atoms with van der Waals surface area (Å²) in [7, 11) is 0. The zero-order valence-electron chi connectivity index (χ0n) is 13.4. The molecule has 4 unspecified atom stereocenters. The number of hydrogen-bond acceptors (Lipinski definition) is 3. The van der Waals surface area contributed by atoms with Gasteiger partial charge in [-0.25, -0.2) is 0 Å². The Bertz CT molecular complexity index is 316. The van der Waals surface area contributed by atoms with Gasteiger partial charge in [0.1, 0.15) is 0 Å². The van der Waals surface area contributed by atoms with Crippen molar-refractivity contribution in [3.8, 4) is 0 Å². The Labute approximate surface area is 124 Å².